The molecule has 16 heavy (non-hydrogen) atoms. The van der Waals surface area contributed by atoms with Crippen molar-refractivity contribution in [2.75, 3.05) is 0 Å². The summed E-state index contributed by atoms with van der Waals surface area (Å²) in [5.41, 5.74) is 8.98. The van der Waals surface area contributed by atoms with E-state index in [1.54, 1.807) is 0 Å². The number of hydrogen-bond donors (Lipinski definition) is 1. The maximum Gasteiger partial charge on any atom is 0.164 e. The monoisotopic (exact) mass is 217 g/mol. The van der Waals surface area contributed by atoms with Gasteiger partial charge in [-0.2, -0.15) is 0 Å². The maximum absolute atomic E-state index is 12.1. The number of Topliss-reactive ketones (excluding diaryl/α,β-unsaturated/α-hetero) is 1. The average Bonchev–Trinajstić information content (AvgIpc) is 2.14. The zero-order chi connectivity index (χ0) is 11.8. The Balaban J connectivity index is 2.14. The number of benzene rings is 1. The van der Waals surface area contributed by atoms with Gasteiger partial charge in [-0.05, 0) is 38.7 Å². The second-order valence-electron chi connectivity index (χ2n) is 5.13. The van der Waals surface area contributed by atoms with Gasteiger partial charge >= 0.3 is 0 Å². The lowest BCUT2D eigenvalue weighted by molar-refractivity contribution is 0.0911. The van der Waals surface area contributed by atoms with E-state index in [1.165, 1.54) is 5.56 Å². The molecule has 2 nitrogen and oxygen atoms in total. The largest absolute Gasteiger partial charge is 0.325 e. The molecule has 1 aromatic rings. The molecule has 0 radical (unpaired) electrons. The Hall–Kier alpha value is -1.15. The molecule has 1 aliphatic carbocycles. The third kappa shape index (κ3) is 2.17. The quantitative estimate of drug-likeness (QED) is 0.791. The van der Waals surface area contributed by atoms with Crippen LogP contribution in [0.3, 0.4) is 0 Å². The molecule has 2 rings (SSSR count). The molecule has 2 heteroatoms. The fourth-order valence-electron chi connectivity index (χ4n) is 2.35. The first-order chi connectivity index (χ1) is 7.50. The zero-order valence-electron chi connectivity index (χ0n) is 10.0. The number of nitrogens with two attached hydrogens (primary N) is 1. The Kier molecular flexibility index (Phi) is 2.85. The summed E-state index contributed by atoms with van der Waals surface area (Å²) in [6.45, 7) is 4.03. The molecule has 0 unspecified atom stereocenters. The number of ketones is 1. The van der Waals surface area contributed by atoms with Crippen LogP contribution in [-0.4, -0.2) is 11.3 Å². The minimum Gasteiger partial charge on any atom is -0.325 e. The molecular formula is C14H19NO. The fourth-order valence-corrected chi connectivity index (χ4v) is 2.35. The second-order valence-corrected chi connectivity index (χ2v) is 5.13. The minimum absolute atomic E-state index is 0.194. The lowest BCUT2D eigenvalue weighted by Crippen LogP contribution is -2.48. The van der Waals surface area contributed by atoms with Gasteiger partial charge in [0.05, 0.1) is 0 Å². The van der Waals surface area contributed by atoms with Gasteiger partial charge in [0.1, 0.15) is 0 Å². The number of aryl methyl sites for hydroxylation is 2. The predicted octanol–water partition coefficient (Wildman–Crippen LogP) is 2.76. The van der Waals surface area contributed by atoms with Gasteiger partial charge < -0.3 is 5.73 Å². The van der Waals surface area contributed by atoms with Crippen molar-refractivity contribution in [2.45, 2.75) is 45.1 Å². The van der Waals surface area contributed by atoms with Crippen LogP contribution in [0.15, 0.2) is 18.2 Å². The standard InChI is InChI=1S/C14H19NO/c1-10-4-5-12(11(2)8-10)13(16)9-14(15)6-3-7-14/h4-5,8H,3,6-7,9,15H2,1-2H3. The summed E-state index contributed by atoms with van der Waals surface area (Å²) < 4.78 is 0. The van der Waals surface area contributed by atoms with Crippen LogP contribution in [0.5, 0.6) is 0 Å². The summed E-state index contributed by atoms with van der Waals surface area (Å²) in [6.07, 6.45) is 3.64. The first kappa shape index (κ1) is 11.3. The molecule has 0 aromatic heterocycles. The number of carbonyl (C=O) groups is 1. The molecule has 1 fully saturated rings. The van der Waals surface area contributed by atoms with Crippen molar-refractivity contribution in [2.24, 2.45) is 5.73 Å². The Morgan fingerprint density at radius 2 is 2.06 bits per heavy atom. The van der Waals surface area contributed by atoms with Gasteiger partial charge in [0.25, 0.3) is 0 Å². The number of rotatable bonds is 3. The van der Waals surface area contributed by atoms with Gasteiger partial charge in [-0.25, -0.2) is 0 Å². The van der Waals surface area contributed by atoms with Gasteiger partial charge in [-0.1, -0.05) is 23.8 Å². The molecule has 0 bridgehead atoms. The van der Waals surface area contributed by atoms with Gasteiger partial charge in [0.15, 0.2) is 5.78 Å². The molecule has 0 amide bonds. The lowest BCUT2D eigenvalue weighted by atomic mass is 9.73. The van der Waals surface area contributed by atoms with E-state index in [0.29, 0.717) is 6.42 Å². The highest BCUT2D eigenvalue weighted by Crippen LogP contribution is 2.33. The van der Waals surface area contributed by atoms with Crippen LogP contribution in [0.1, 0.15) is 47.2 Å². The number of hydrogen-bond acceptors (Lipinski definition) is 2. The van der Waals surface area contributed by atoms with Crippen LogP contribution < -0.4 is 5.73 Å². The topological polar surface area (TPSA) is 43.1 Å². The van der Waals surface area contributed by atoms with Crippen molar-refractivity contribution in [3.63, 3.8) is 0 Å². The Bertz CT molecular complexity index is 419. The van der Waals surface area contributed by atoms with Crippen LogP contribution in [0, 0.1) is 13.8 Å². The summed E-state index contributed by atoms with van der Waals surface area (Å²) in [5, 5.41) is 0. The van der Waals surface area contributed by atoms with E-state index in [-0.39, 0.29) is 11.3 Å². The first-order valence-electron chi connectivity index (χ1n) is 5.90. The third-order valence-corrected chi connectivity index (χ3v) is 3.54. The van der Waals surface area contributed by atoms with E-state index in [1.807, 2.05) is 26.0 Å². The first-order valence-corrected chi connectivity index (χ1v) is 5.90. The van der Waals surface area contributed by atoms with Crippen molar-refractivity contribution >= 4 is 5.78 Å². The van der Waals surface area contributed by atoms with Gasteiger partial charge in [-0.3, -0.25) is 4.79 Å². The van der Waals surface area contributed by atoms with E-state index in [9.17, 15) is 4.79 Å². The smallest absolute Gasteiger partial charge is 0.164 e. The van der Waals surface area contributed by atoms with Crippen LogP contribution in [-0.2, 0) is 0 Å². The van der Waals surface area contributed by atoms with E-state index in [2.05, 4.69) is 6.07 Å². The van der Waals surface area contributed by atoms with Crippen LogP contribution in [0.2, 0.25) is 0 Å². The zero-order valence-corrected chi connectivity index (χ0v) is 10.0. The number of carbonyl (C=O) groups excluding carboxylic acids is 1. The molecule has 0 spiro atoms. The molecule has 0 aliphatic heterocycles. The van der Waals surface area contributed by atoms with Crippen LogP contribution >= 0.6 is 0 Å². The van der Waals surface area contributed by atoms with Crippen molar-refractivity contribution < 1.29 is 4.79 Å². The summed E-state index contributed by atoms with van der Waals surface area (Å²) in [4.78, 5) is 12.1. The minimum atomic E-state index is -0.214. The summed E-state index contributed by atoms with van der Waals surface area (Å²) in [6, 6.07) is 5.97. The highest BCUT2D eigenvalue weighted by Gasteiger charge is 2.34. The Morgan fingerprint density at radius 3 is 2.56 bits per heavy atom. The van der Waals surface area contributed by atoms with E-state index >= 15 is 0 Å². The summed E-state index contributed by atoms with van der Waals surface area (Å²) in [7, 11) is 0. The van der Waals surface area contributed by atoms with Crippen molar-refractivity contribution in [3.05, 3.63) is 34.9 Å². The Labute approximate surface area is 96.8 Å². The lowest BCUT2D eigenvalue weighted by Gasteiger charge is -2.37. The molecule has 0 atom stereocenters. The molecular weight excluding hydrogens is 198 g/mol. The van der Waals surface area contributed by atoms with E-state index in [4.69, 9.17) is 5.73 Å². The summed E-state index contributed by atoms with van der Waals surface area (Å²) in [5.74, 6) is 0.194. The molecule has 1 aliphatic rings. The predicted molar refractivity (Wildman–Crippen MR) is 65.6 cm³/mol. The highest BCUT2D eigenvalue weighted by atomic mass is 16.1. The normalized spacial score (nSPS) is 17.9. The molecule has 0 heterocycles. The van der Waals surface area contributed by atoms with Crippen LogP contribution in [0.4, 0.5) is 0 Å². The van der Waals surface area contributed by atoms with Gasteiger partial charge in [0.2, 0.25) is 0 Å². The third-order valence-electron chi connectivity index (χ3n) is 3.54. The molecule has 0 saturated heterocycles. The van der Waals surface area contributed by atoms with E-state index < -0.39 is 0 Å². The van der Waals surface area contributed by atoms with Gasteiger partial charge in [0, 0.05) is 17.5 Å². The SMILES string of the molecule is Cc1ccc(C(=O)CC2(N)CCC2)c(C)c1. The second kappa shape index (κ2) is 4.02. The van der Waals surface area contributed by atoms with Gasteiger partial charge in [-0.15, -0.1) is 0 Å². The fraction of sp³-hybridized carbons (Fsp3) is 0.500. The van der Waals surface area contributed by atoms with E-state index in [0.717, 1.165) is 30.4 Å². The maximum atomic E-state index is 12.1. The highest BCUT2D eigenvalue weighted by molar-refractivity contribution is 5.98. The summed E-state index contributed by atoms with van der Waals surface area (Å²) >= 11 is 0. The Morgan fingerprint density at radius 1 is 1.38 bits per heavy atom. The van der Waals surface area contributed by atoms with Crippen molar-refractivity contribution in [3.8, 4) is 0 Å². The molecule has 86 valence electrons. The van der Waals surface area contributed by atoms with Crippen LogP contribution in [0.25, 0.3) is 0 Å². The molecule has 1 aromatic carbocycles. The average molecular weight is 217 g/mol. The van der Waals surface area contributed by atoms with Crippen molar-refractivity contribution in [1.82, 2.24) is 0 Å². The molecule has 2 N–H and O–H groups in total. The van der Waals surface area contributed by atoms with Crippen molar-refractivity contribution in [1.29, 1.82) is 0 Å². The molecule has 1 saturated carbocycles.